The third kappa shape index (κ3) is 3.01. The number of hydrogen-bond acceptors (Lipinski definition) is 3. The third-order valence-electron chi connectivity index (χ3n) is 4.18. The van der Waals surface area contributed by atoms with Crippen LogP contribution in [0.3, 0.4) is 0 Å². The van der Waals surface area contributed by atoms with Gasteiger partial charge in [-0.15, -0.1) is 0 Å². The Morgan fingerprint density at radius 3 is 2.57 bits per heavy atom. The number of carbonyl (C=O) groups is 2. The maximum atomic E-state index is 12.5. The molecule has 1 saturated heterocycles. The lowest BCUT2D eigenvalue weighted by Gasteiger charge is -2.31. The van der Waals surface area contributed by atoms with E-state index in [-0.39, 0.29) is 24.9 Å². The van der Waals surface area contributed by atoms with Crippen molar-refractivity contribution in [1.82, 2.24) is 4.90 Å². The molecule has 2 aliphatic rings. The molecule has 21 heavy (non-hydrogen) atoms. The van der Waals surface area contributed by atoms with E-state index in [2.05, 4.69) is 5.32 Å². The second-order valence-electron chi connectivity index (χ2n) is 5.65. The summed E-state index contributed by atoms with van der Waals surface area (Å²) in [6.45, 7) is 2.04. The topological polar surface area (TPSA) is 52.7 Å². The number of amides is 2. The first-order valence-electron chi connectivity index (χ1n) is 7.67. The summed E-state index contributed by atoms with van der Waals surface area (Å²) in [6.07, 6.45) is 4.52. The van der Waals surface area contributed by atoms with Gasteiger partial charge in [0.25, 0.3) is 0 Å². The molecule has 0 radical (unpaired) electrons. The highest BCUT2D eigenvalue weighted by Crippen LogP contribution is 2.28. The van der Waals surface area contributed by atoms with Crippen LogP contribution in [0.5, 0.6) is 0 Å². The Labute approximate surface area is 124 Å². The van der Waals surface area contributed by atoms with Crippen LogP contribution in [-0.4, -0.2) is 42.9 Å². The molecule has 0 spiro atoms. The van der Waals surface area contributed by atoms with Gasteiger partial charge in [-0.1, -0.05) is 25.0 Å². The Balaban J connectivity index is 1.74. The van der Waals surface area contributed by atoms with Crippen LogP contribution >= 0.6 is 0 Å². The SMILES string of the molecule is O=C(CN1C(=O)CNc2ccccc21)N1CCCCCC1. The van der Waals surface area contributed by atoms with Crippen LogP contribution in [-0.2, 0) is 9.59 Å². The molecule has 112 valence electrons. The van der Waals surface area contributed by atoms with E-state index in [0.29, 0.717) is 0 Å². The van der Waals surface area contributed by atoms with Crippen LogP contribution < -0.4 is 10.2 Å². The second kappa shape index (κ2) is 6.16. The molecule has 0 atom stereocenters. The zero-order valence-electron chi connectivity index (χ0n) is 12.2. The molecule has 0 bridgehead atoms. The molecule has 0 aliphatic carbocycles. The van der Waals surface area contributed by atoms with Crippen molar-refractivity contribution in [2.75, 3.05) is 36.4 Å². The van der Waals surface area contributed by atoms with Gasteiger partial charge in [-0.3, -0.25) is 14.5 Å². The minimum atomic E-state index is -0.0446. The lowest BCUT2D eigenvalue weighted by atomic mass is 10.2. The number of carbonyl (C=O) groups excluding carboxylic acids is 2. The molecule has 0 aromatic heterocycles. The summed E-state index contributed by atoms with van der Waals surface area (Å²) in [6, 6.07) is 7.64. The number of hydrogen-bond donors (Lipinski definition) is 1. The monoisotopic (exact) mass is 287 g/mol. The van der Waals surface area contributed by atoms with E-state index in [4.69, 9.17) is 0 Å². The van der Waals surface area contributed by atoms with Crippen molar-refractivity contribution in [3.8, 4) is 0 Å². The molecule has 3 rings (SSSR count). The number of fused-ring (bicyclic) bond motifs is 1. The first-order valence-corrected chi connectivity index (χ1v) is 7.67. The summed E-state index contributed by atoms with van der Waals surface area (Å²) in [5.74, 6) is 0.0128. The fourth-order valence-electron chi connectivity index (χ4n) is 2.99. The maximum Gasteiger partial charge on any atom is 0.246 e. The van der Waals surface area contributed by atoms with Crippen molar-refractivity contribution in [2.45, 2.75) is 25.7 Å². The quantitative estimate of drug-likeness (QED) is 0.903. The number of rotatable bonds is 2. The summed E-state index contributed by atoms with van der Waals surface area (Å²) >= 11 is 0. The fraction of sp³-hybridized carbons (Fsp3) is 0.500. The van der Waals surface area contributed by atoms with Gasteiger partial charge in [-0.2, -0.15) is 0 Å². The lowest BCUT2D eigenvalue weighted by Crippen LogP contribution is -2.47. The number of likely N-dealkylation sites (tertiary alicyclic amines) is 1. The zero-order valence-corrected chi connectivity index (χ0v) is 12.2. The predicted octanol–water partition coefficient (Wildman–Crippen LogP) is 1.85. The Kier molecular flexibility index (Phi) is 4.08. The van der Waals surface area contributed by atoms with Crippen molar-refractivity contribution in [1.29, 1.82) is 0 Å². The standard InChI is InChI=1S/C16H21N3O2/c20-15-11-17-13-7-3-4-8-14(13)19(15)12-16(21)18-9-5-1-2-6-10-18/h3-4,7-8,17H,1-2,5-6,9-12H2. The molecular formula is C16H21N3O2. The van der Waals surface area contributed by atoms with E-state index in [1.807, 2.05) is 29.2 Å². The summed E-state index contributed by atoms with van der Waals surface area (Å²) in [4.78, 5) is 28.1. The largest absolute Gasteiger partial charge is 0.374 e. The molecule has 1 fully saturated rings. The van der Waals surface area contributed by atoms with Gasteiger partial charge in [-0.25, -0.2) is 0 Å². The van der Waals surface area contributed by atoms with Gasteiger partial charge in [0, 0.05) is 13.1 Å². The average Bonchev–Trinajstić information content (AvgIpc) is 2.79. The number of nitrogens with zero attached hydrogens (tertiary/aromatic N) is 2. The zero-order chi connectivity index (χ0) is 14.7. The molecule has 5 heteroatoms. The molecule has 2 aliphatic heterocycles. The van der Waals surface area contributed by atoms with Gasteiger partial charge >= 0.3 is 0 Å². The van der Waals surface area contributed by atoms with Crippen molar-refractivity contribution in [3.63, 3.8) is 0 Å². The average molecular weight is 287 g/mol. The van der Waals surface area contributed by atoms with Crippen LogP contribution in [0.2, 0.25) is 0 Å². The minimum absolute atomic E-state index is 0.0446. The molecule has 1 aromatic carbocycles. The Morgan fingerprint density at radius 2 is 1.81 bits per heavy atom. The van der Waals surface area contributed by atoms with E-state index >= 15 is 0 Å². The van der Waals surface area contributed by atoms with Crippen LogP contribution in [0.25, 0.3) is 0 Å². The highest BCUT2D eigenvalue weighted by Gasteiger charge is 2.27. The number of para-hydroxylation sites is 2. The Hall–Kier alpha value is -2.04. The summed E-state index contributed by atoms with van der Waals surface area (Å²) in [5.41, 5.74) is 1.72. The van der Waals surface area contributed by atoms with E-state index in [9.17, 15) is 9.59 Å². The minimum Gasteiger partial charge on any atom is -0.374 e. The molecule has 0 saturated carbocycles. The van der Waals surface area contributed by atoms with Gasteiger partial charge in [0.15, 0.2) is 0 Å². The van der Waals surface area contributed by atoms with E-state index in [1.165, 1.54) is 12.8 Å². The first-order chi connectivity index (χ1) is 10.3. The lowest BCUT2D eigenvalue weighted by molar-refractivity contribution is -0.131. The Bertz CT molecular complexity index is 536. The molecule has 0 unspecified atom stereocenters. The number of benzene rings is 1. The first kappa shape index (κ1) is 13.9. The van der Waals surface area contributed by atoms with E-state index < -0.39 is 0 Å². The van der Waals surface area contributed by atoms with Crippen molar-refractivity contribution >= 4 is 23.2 Å². The second-order valence-corrected chi connectivity index (χ2v) is 5.65. The van der Waals surface area contributed by atoms with Gasteiger partial charge in [-0.05, 0) is 25.0 Å². The number of anilines is 2. The van der Waals surface area contributed by atoms with Crippen LogP contribution in [0.1, 0.15) is 25.7 Å². The van der Waals surface area contributed by atoms with Gasteiger partial charge in [0.05, 0.1) is 17.9 Å². The van der Waals surface area contributed by atoms with Gasteiger partial charge in [0.2, 0.25) is 11.8 Å². The summed E-state index contributed by atoms with van der Waals surface area (Å²) in [5, 5.41) is 3.09. The van der Waals surface area contributed by atoms with Gasteiger partial charge in [0.1, 0.15) is 6.54 Å². The van der Waals surface area contributed by atoms with Gasteiger partial charge < -0.3 is 10.2 Å². The summed E-state index contributed by atoms with van der Waals surface area (Å²) < 4.78 is 0. The van der Waals surface area contributed by atoms with Crippen LogP contribution in [0.4, 0.5) is 11.4 Å². The molecule has 2 heterocycles. The molecule has 1 aromatic rings. The maximum absolute atomic E-state index is 12.5. The molecular weight excluding hydrogens is 266 g/mol. The smallest absolute Gasteiger partial charge is 0.246 e. The van der Waals surface area contributed by atoms with E-state index in [0.717, 1.165) is 37.3 Å². The summed E-state index contributed by atoms with van der Waals surface area (Å²) in [7, 11) is 0. The van der Waals surface area contributed by atoms with Crippen molar-refractivity contribution < 1.29 is 9.59 Å². The fourth-order valence-corrected chi connectivity index (χ4v) is 2.99. The van der Waals surface area contributed by atoms with Crippen molar-refractivity contribution in [3.05, 3.63) is 24.3 Å². The third-order valence-corrected chi connectivity index (χ3v) is 4.18. The van der Waals surface area contributed by atoms with E-state index in [1.54, 1.807) is 4.90 Å². The number of nitrogens with one attached hydrogen (secondary N) is 1. The normalized spacial score (nSPS) is 18.8. The Morgan fingerprint density at radius 1 is 1.10 bits per heavy atom. The van der Waals surface area contributed by atoms with Crippen molar-refractivity contribution in [2.24, 2.45) is 0 Å². The molecule has 1 N–H and O–H groups in total. The van der Waals surface area contributed by atoms with Crippen LogP contribution in [0, 0.1) is 0 Å². The predicted molar refractivity (Wildman–Crippen MR) is 82.3 cm³/mol. The molecule has 2 amide bonds. The van der Waals surface area contributed by atoms with Crippen LogP contribution in [0.15, 0.2) is 24.3 Å². The highest BCUT2D eigenvalue weighted by molar-refractivity contribution is 6.05. The highest BCUT2D eigenvalue weighted by atomic mass is 16.2. The molecule has 5 nitrogen and oxygen atoms in total.